The van der Waals surface area contributed by atoms with E-state index in [1.165, 1.54) is 11.1 Å². The van der Waals surface area contributed by atoms with Gasteiger partial charge in [0.2, 0.25) is 5.95 Å². The number of para-hydroxylation sites is 1. The van der Waals surface area contributed by atoms with Crippen LogP contribution in [0.4, 0.5) is 5.95 Å². The average Bonchev–Trinajstić information content (AvgIpc) is 3.09. The molecule has 6 nitrogen and oxygen atoms in total. The molecule has 3 aromatic rings. The first-order valence-electron chi connectivity index (χ1n) is 8.10. The Bertz CT molecular complexity index is 768. The van der Waals surface area contributed by atoms with Gasteiger partial charge in [0.1, 0.15) is 0 Å². The third kappa shape index (κ3) is 3.97. The third-order valence-corrected chi connectivity index (χ3v) is 3.90. The van der Waals surface area contributed by atoms with Gasteiger partial charge in [-0.3, -0.25) is 0 Å². The Morgan fingerprint density at radius 1 is 1.04 bits per heavy atom. The highest BCUT2D eigenvalue weighted by Crippen LogP contribution is 2.13. The lowest BCUT2D eigenvalue weighted by Gasteiger charge is -2.14. The smallest absolute Gasteiger partial charge is 0.248 e. The van der Waals surface area contributed by atoms with Crippen LogP contribution in [0.3, 0.4) is 0 Å². The van der Waals surface area contributed by atoms with E-state index < -0.39 is 0 Å². The van der Waals surface area contributed by atoms with Crippen LogP contribution in [0.15, 0.2) is 54.6 Å². The van der Waals surface area contributed by atoms with Crippen molar-refractivity contribution >= 4 is 5.95 Å². The second kappa shape index (κ2) is 7.70. The summed E-state index contributed by atoms with van der Waals surface area (Å²) in [6.07, 6.45) is 0. The molecular weight excluding hydrogens is 300 g/mol. The summed E-state index contributed by atoms with van der Waals surface area (Å²) in [4.78, 5) is 2.28. The van der Waals surface area contributed by atoms with Crippen LogP contribution in [-0.4, -0.2) is 38.7 Å². The minimum atomic E-state index is 0.636. The van der Waals surface area contributed by atoms with Crippen molar-refractivity contribution in [3.05, 3.63) is 65.7 Å². The molecule has 0 spiro atoms. The van der Waals surface area contributed by atoms with Crippen molar-refractivity contribution in [2.75, 3.05) is 18.9 Å². The van der Waals surface area contributed by atoms with E-state index in [0.717, 1.165) is 18.8 Å². The monoisotopic (exact) mass is 322 g/mol. The van der Waals surface area contributed by atoms with Gasteiger partial charge < -0.3 is 10.2 Å². The molecule has 0 aliphatic rings. The van der Waals surface area contributed by atoms with Crippen molar-refractivity contribution in [2.24, 2.45) is 0 Å². The number of anilines is 1. The highest BCUT2D eigenvalue weighted by atomic mass is 15.6. The average molecular weight is 322 g/mol. The highest BCUT2D eigenvalue weighted by molar-refractivity contribution is 5.39. The van der Waals surface area contributed by atoms with Crippen LogP contribution in [0.5, 0.6) is 0 Å². The lowest BCUT2D eigenvalue weighted by molar-refractivity contribution is 0.345. The Morgan fingerprint density at radius 2 is 1.83 bits per heavy atom. The predicted molar refractivity (Wildman–Crippen MR) is 94.9 cm³/mol. The number of nitrogens with zero attached hydrogens (tertiary/aromatic N) is 5. The summed E-state index contributed by atoms with van der Waals surface area (Å²) < 4.78 is 1.70. The van der Waals surface area contributed by atoms with E-state index >= 15 is 0 Å². The van der Waals surface area contributed by atoms with Crippen LogP contribution >= 0.6 is 0 Å². The Balaban J connectivity index is 1.69. The normalized spacial score (nSPS) is 11.0. The maximum Gasteiger partial charge on any atom is 0.248 e. The molecule has 124 valence electrons. The molecule has 3 rings (SSSR count). The zero-order chi connectivity index (χ0) is 16.8. The Morgan fingerprint density at radius 3 is 2.62 bits per heavy atom. The van der Waals surface area contributed by atoms with E-state index in [1.807, 2.05) is 30.3 Å². The van der Waals surface area contributed by atoms with E-state index in [0.29, 0.717) is 12.5 Å². The predicted octanol–water partition coefficient (Wildman–Crippen LogP) is 2.73. The van der Waals surface area contributed by atoms with Crippen LogP contribution in [0, 0.1) is 0 Å². The molecule has 1 N–H and O–H groups in total. The van der Waals surface area contributed by atoms with E-state index in [2.05, 4.69) is 64.0 Å². The number of benzene rings is 2. The molecule has 0 bridgehead atoms. The molecule has 6 heteroatoms. The van der Waals surface area contributed by atoms with Crippen molar-refractivity contribution in [1.82, 2.24) is 25.1 Å². The summed E-state index contributed by atoms with van der Waals surface area (Å²) in [5.41, 5.74) is 3.45. The fourth-order valence-electron chi connectivity index (χ4n) is 2.48. The van der Waals surface area contributed by atoms with Crippen LogP contribution in [0.25, 0.3) is 5.69 Å². The fourth-order valence-corrected chi connectivity index (χ4v) is 2.48. The van der Waals surface area contributed by atoms with Crippen molar-refractivity contribution < 1.29 is 0 Å². The van der Waals surface area contributed by atoms with Crippen molar-refractivity contribution in [3.63, 3.8) is 0 Å². The van der Waals surface area contributed by atoms with E-state index in [1.54, 1.807) is 4.68 Å². The van der Waals surface area contributed by atoms with Gasteiger partial charge in [-0.25, -0.2) is 0 Å². The second-order valence-electron chi connectivity index (χ2n) is 5.75. The largest absolute Gasteiger partial charge is 0.349 e. The van der Waals surface area contributed by atoms with Gasteiger partial charge in [-0.2, -0.15) is 4.68 Å². The van der Waals surface area contributed by atoms with Gasteiger partial charge in [-0.15, -0.1) is 0 Å². The number of aromatic nitrogens is 4. The van der Waals surface area contributed by atoms with Crippen molar-refractivity contribution in [3.8, 4) is 5.69 Å². The molecule has 0 saturated carbocycles. The summed E-state index contributed by atoms with van der Waals surface area (Å²) in [5.74, 6) is 0.636. The third-order valence-electron chi connectivity index (χ3n) is 3.90. The molecule has 0 aliphatic carbocycles. The molecular formula is C18H22N6. The molecule has 0 atom stereocenters. The van der Waals surface area contributed by atoms with Gasteiger partial charge in [0, 0.05) is 13.1 Å². The first kappa shape index (κ1) is 16.1. The molecule has 0 amide bonds. The summed E-state index contributed by atoms with van der Waals surface area (Å²) in [6.45, 7) is 4.83. The summed E-state index contributed by atoms with van der Waals surface area (Å²) in [7, 11) is 2.12. The van der Waals surface area contributed by atoms with Gasteiger partial charge in [0.05, 0.1) is 5.69 Å². The fraction of sp³-hybridized carbons (Fsp3) is 0.278. The molecule has 24 heavy (non-hydrogen) atoms. The van der Waals surface area contributed by atoms with Crippen LogP contribution in [0.1, 0.15) is 18.1 Å². The minimum Gasteiger partial charge on any atom is -0.349 e. The molecule has 1 aromatic heterocycles. The van der Waals surface area contributed by atoms with Crippen molar-refractivity contribution in [2.45, 2.75) is 20.0 Å². The van der Waals surface area contributed by atoms with E-state index in [9.17, 15) is 0 Å². The topological polar surface area (TPSA) is 58.9 Å². The first-order valence-corrected chi connectivity index (χ1v) is 8.10. The highest BCUT2D eigenvalue weighted by Gasteiger charge is 2.07. The number of hydrogen-bond acceptors (Lipinski definition) is 5. The lowest BCUT2D eigenvalue weighted by atomic mass is 10.1. The lowest BCUT2D eigenvalue weighted by Crippen LogP contribution is -2.16. The molecule has 1 heterocycles. The Labute approximate surface area is 142 Å². The van der Waals surface area contributed by atoms with Crippen LogP contribution in [0.2, 0.25) is 0 Å². The Hall–Kier alpha value is -2.73. The van der Waals surface area contributed by atoms with E-state index in [4.69, 9.17) is 0 Å². The maximum atomic E-state index is 4.07. The van der Waals surface area contributed by atoms with Gasteiger partial charge in [-0.1, -0.05) is 54.5 Å². The molecule has 0 unspecified atom stereocenters. The SMILES string of the molecule is CCN(C)Cc1cccc(CNc2nnnn2-c2ccccc2)c1. The molecule has 0 aliphatic heterocycles. The first-order chi connectivity index (χ1) is 11.8. The zero-order valence-corrected chi connectivity index (χ0v) is 14.1. The van der Waals surface area contributed by atoms with Gasteiger partial charge in [0.25, 0.3) is 0 Å². The van der Waals surface area contributed by atoms with Gasteiger partial charge in [-0.05, 0) is 47.3 Å². The maximum absolute atomic E-state index is 4.07. The van der Waals surface area contributed by atoms with E-state index in [-0.39, 0.29) is 0 Å². The summed E-state index contributed by atoms with van der Waals surface area (Å²) >= 11 is 0. The van der Waals surface area contributed by atoms with Crippen LogP contribution in [-0.2, 0) is 13.1 Å². The zero-order valence-electron chi connectivity index (χ0n) is 14.1. The quantitative estimate of drug-likeness (QED) is 0.725. The number of tetrazole rings is 1. The minimum absolute atomic E-state index is 0.636. The molecule has 0 radical (unpaired) electrons. The van der Waals surface area contributed by atoms with Crippen molar-refractivity contribution in [1.29, 1.82) is 0 Å². The molecule has 2 aromatic carbocycles. The standard InChI is InChI=1S/C18H22N6/c1-3-23(2)14-16-9-7-8-15(12-16)13-19-18-20-21-22-24(18)17-10-5-4-6-11-17/h4-12H,3,13-14H2,1-2H3,(H,19,20,22). The van der Waals surface area contributed by atoms with Crippen LogP contribution < -0.4 is 5.32 Å². The number of nitrogens with one attached hydrogen (secondary N) is 1. The molecule has 0 saturated heterocycles. The van der Waals surface area contributed by atoms with Gasteiger partial charge >= 0.3 is 0 Å². The number of hydrogen-bond donors (Lipinski definition) is 1. The Kier molecular flexibility index (Phi) is 5.18. The summed E-state index contributed by atoms with van der Waals surface area (Å²) in [5, 5.41) is 15.2. The second-order valence-corrected chi connectivity index (χ2v) is 5.75. The number of rotatable bonds is 7. The summed E-state index contributed by atoms with van der Waals surface area (Å²) in [6, 6.07) is 18.4. The van der Waals surface area contributed by atoms with Gasteiger partial charge in [0.15, 0.2) is 0 Å². The molecule has 0 fully saturated rings.